The standard InChI is InChI=1S/C19H16BrN5/c1-12-6-7-16(10-17(12)20)23-18-8-13(2)22-19(25-18)24-15-5-3-4-14(9-15)11-21/h3-10H,1-2H3,(H2,22,23,24,25). The highest BCUT2D eigenvalue weighted by molar-refractivity contribution is 9.10. The van der Waals surface area contributed by atoms with Crippen molar-refractivity contribution < 1.29 is 0 Å². The zero-order valence-corrected chi connectivity index (χ0v) is 15.4. The van der Waals surface area contributed by atoms with Crippen LogP contribution in [-0.2, 0) is 0 Å². The highest BCUT2D eigenvalue weighted by Crippen LogP contribution is 2.24. The topological polar surface area (TPSA) is 73.6 Å². The Bertz CT molecular complexity index is 962. The third-order valence-corrected chi connectivity index (χ3v) is 4.40. The van der Waals surface area contributed by atoms with E-state index >= 15 is 0 Å². The molecular formula is C19H16BrN5. The number of nitrogens with zero attached hydrogens (tertiary/aromatic N) is 3. The molecule has 0 amide bonds. The van der Waals surface area contributed by atoms with Crippen molar-refractivity contribution in [3.63, 3.8) is 0 Å². The second kappa shape index (κ2) is 7.32. The van der Waals surface area contributed by atoms with Crippen LogP contribution in [0.5, 0.6) is 0 Å². The molecule has 0 unspecified atom stereocenters. The number of benzene rings is 2. The summed E-state index contributed by atoms with van der Waals surface area (Å²) in [5.41, 5.74) is 4.30. The molecule has 25 heavy (non-hydrogen) atoms. The number of aromatic nitrogens is 2. The van der Waals surface area contributed by atoms with E-state index in [9.17, 15) is 0 Å². The van der Waals surface area contributed by atoms with Crippen molar-refractivity contribution in [3.8, 4) is 6.07 Å². The minimum atomic E-state index is 0.476. The van der Waals surface area contributed by atoms with Crippen LogP contribution in [0, 0.1) is 25.2 Å². The van der Waals surface area contributed by atoms with E-state index in [0.717, 1.165) is 21.5 Å². The number of halogens is 1. The summed E-state index contributed by atoms with van der Waals surface area (Å²) in [7, 11) is 0. The molecule has 0 spiro atoms. The minimum Gasteiger partial charge on any atom is -0.340 e. The van der Waals surface area contributed by atoms with Crippen LogP contribution in [0.4, 0.5) is 23.1 Å². The molecule has 2 N–H and O–H groups in total. The lowest BCUT2D eigenvalue weighted by Crippen LogP contribution is -2.02. The molecule has 0 aliphatic heterocycles. The number of aryl methyl sites for hydroxylation is 2. The van der Waals surface area contributed by atoms with Gasteiger partial charge in [-0.3, -0.25) is 0 Å². The molecule has 0 bridgehead atoms. The number of nitriles is 1. The van der Waals surface area contributed by atoms with E-state index in [0.29, 0.717) is 17.3 Å². The first kappa shape index (κ1) is 16.9. The van der Waals surface area contributed by atoms with E-state index in [2.05, 4.69) is 42.6 Å². The second-order valence-electron chi connectivity index (χ2n) is 5.62. The lowest BCUT2D eigenvalue weighted by atomic mass is 10.2. The van der Waals surface area contributed by atoms with E-state index < -0.39 is 0 Å². The third-order valence-electron chi connectivity index (χ3n) is 3.55. The zero-order chi connectivity index (χ0) is 17.8. The van der Waals surface area contributed by atoms with E-state index in [-0.39, 0.29) is 0 Å². The maximum Gasteiger partial charge on any atom is 0.229 e. The molecule has 0 aliphatic carbocycles. The maximum absolute atomic E-state index is 9.00. The van der Waals surface area contributed by atoms with E-state index in [1.165, 1.54) is 5.56 Å². The third kappa shape index (κ3) is 4.34. The molecule has 0 saturated carbocycles. The summed E-state index contributed by atoms with van der Waals surface area (Å²) in [5, 5.41) is 15.4. The monoisotopic (exact) mass is 393 g/mol. The van der Waals surface area contributed by atoms with Crippen molar-refractivity contribution in [1.82, 2.24) is 9.97 Å². The Hall–Kier alpha value is -2.91. The van der Waals surface area contributed by atoms with Gasteiger partial charge >= 0.3 is 0 Å². The number of rotatable bonds is 4. The average Bonchev–Trinajstić information content (AvgIpc) is 2.58. The Morgan fingerprint density at radius 3 is 2.52 bits per heavy atom. The number of hydrogen-bond acceptors (Lipinski definition) is 5. The first-order valence-electron chi connectivity index (χ1n) is 7.69. The normalized spacial score (nSPS) is 10.2. The molecule has 0 atom stereocenters. The van der Waals surface area contributed by atoms with Gasteiger partial charge in [-0.2, -0.15) is 10.2 Å². The Morgan fingerprint density at radius 1 is 0.960 bits per heavy atom. The molecule has 5 nitrogen and oxygen atoms in total. The van der Waals surface area contributed by atoms with Gasteiger partial charge in [0.15, 0.2) is 0 Å². The molecule has 3 rings (SSSR count). The summed E-state index contributed by atoms with van der Waals surface area (Å²) in [4.78, 5) is 8.90. The Morgan fingerprint density at radius 2 is 1.76 bits per heavy atom. The Balaban J connectivity index is 1.84. The molecular weight excluding hydrogens is 378 g/mol. The van der Waals surface area contributed by atoms with Crippen molar-refractivity contribution in [3.05, 3.63) is 69.8 Å². The Labute approximate surface area is 154 Å². The maximum atomic E-state index is 9.00. The van der Waals surface area contributed by atoms with Crippen LogP contribution >= 0.6 is 15.9 Å². The SMILES string of the molecule is Cc1cc(Nc2ccc(C)c(Br)c2)nc(Nc2cccc(C#N)c2)n1. The number of hydrogen-bond donors (Lipinski definition) is 2. The summed E-state index contributed by atoms with van der Waals surface area (Å²) in [5.74, 6) is 1.17. The van der Waals surface area contributed by atoms with Gasteiger partial charge in [-0.15, -0.1) is 0 Å². The van der Waals surface area contributed by atoms with Gasteiger partial charge in [-0.25, -0.2) is 4.98 Å². The summed E-state index contributed by atoms with van der Waals surface area (Å²) in [6.07, 6.45) is 0. The summed E-state index contributed by atoms with van der Waals surface area (Å²) in [6.45, 7) is 3.95. The minimum absolute atomic E-state index is 0.476. The van der Waals surface area contributed by atoms with Crippen molar-refractivity contribution in [2.45, 2.75) is 13.8 Å². The van der Waals surface area contributed by atoms with Gasteiger partial charge in [-0.05, 0) is 49.7 Å². The molecule has 6 heteroatoms. The van der Waals surface area contributed by atoms with Gasteiger partial charge in [0.05, 0.1) is 11.6 Å². The summed E-state index contributed by atoms with van der Waals surface area (Å²) < 4.78 is 1.04. The predicted octanol–water partition coefficient (Wildman–Crippen LogP) is 5.21. The highest BCUT2D eigenvalue weighted by Gasteiger charge is 2.05. The fourth-order valence-electron chi connectivity index (χ4n) is 2.30. The predicted molar refractivity (Wildman–Crippen MR) is 103 cm³/mol. The lowest BCUT2D eigenvalue weighted by Gasteiger charge is -2.11. The van der Waals surface area contributed by atoms with E-state index in [1.54, 1.807) is 12.1 Å². The molecule has 0 radical (unpaired) electrons. The van der Waals surface area contributed by atoms with Crippen molar-refractivity contribution in [1.29, 1.82) is 5.26 Å². The van der Waals surface area contributed by atoms with Gasteiger partial charge in [0.25, 0.3) is 0 Å². The molecule has 0 saturated heterocycles. The number of nitrogens with one attached hydrogen (secondary N) is 2. The molecule has 1 aromatic heterocycles. The average molecular weight is 394 g/mol. The summed E-state index contributed by atoms with van der Waals surface area (Å²) in [6, 6.07) is 17.3. The fraction of sp³-hybridized carbons (Fsp3) is 0.105. The quantitative estimate of drug-likeness (QED) is 0.635. The largest absolute Gasteiger partial charge is 0.340 e. The van der Waals surface area contributed by atoms with E-state index in [1.807, 2.05) is 50.2 Å². The van der Waals surface area contributed by atoms with Gasteiger partial charge in [0.2, 0.25) is 5.95 Å². The van der Waals surface area contributed by atoms with Crippen LogP contribution in [0.1, 0.15) is 16.8 Å². The van der Waals surface area contributed by atoms with Crippen LogP contribution in [0.2, 0.25) is 0 Å². The zero-order valence-electron chi connectivity index (χ0n) is 13.8. The van der Waals surface area contributed by atoms with Crippen molar-refractivity contribution in [2.75, 3.05) is 10.6 Å². The van der Waals surface area contributed by atoms with Crippen LogP contribution < -0.4 is 10.6 Å². The second-order valence-corrected chi connectivity index (χ2v) is 6.48. The van der Waals surface area contributed by atoms with Crippen LogP contribution in [0.15, 0.2) is 53.0 Å². The fourth-order valence-corrected chi connectivity index (χ4v) is 2.68. The van der Waals surface area contributed by atoms with Gasteiger partial charge in [0, 0.05) is 27.6 Å². The number of anilines is 4. The first-order chi connectivity index (χ1) is 12.0. The van der Waals surface area contributed by atoms with E-state index in [4.69, 9.17) is 5.26 Å². The highest BCUT2D eigenvalue weighted by atomic mass is 79.9. The Kier molecular flexibility index (Phi) is 4.96. The van der Waals surface area contributed by atoms with Gasteiger partial charge in [-0.1, -0.05) is 28.1 Å². The van der Waals surface area contributed by atoms with Gasteiger partial charge < -0.3 is 10.6 Å². The molecule has 0 aliphatic rings. The smallest absolute Gasteiger partial charge is 0.229 e. The molecule has 0 fully saturated rings. The van der Waals surface area contributed by atoms with Crippen LogP contribution in [0.3, 0.4) is 0 Å². The molecule has 3 aromatic rings. The first-order valence-corrected chi connectivity index (χ1v) is 8.49. The lowest BCUT2D eigenvalue weighted by molar-refractivity contribution is 1.11. The van der Waals surface area contributed by atoms with Crippen LogP contribution in [0.25, 0.3) is 0 Å². The molecule has 1 heterocycles. The van der Waals surface area contributed by atoms with Crippen LogP contribution in [-0.4, -0.2) is 9.97 Å². The van der Waals surface area contributed by atoms with Crippen molar-refractivity contribution >= 4 is 39.1 Å². The molecule has 2 aromatic carbocycles. The molecule has 124 valence electrons. The van der Waals surface area contributed by atoms with Gasteiger partial charge in [0.1, 0.15) is 5.82 Å². The summed E-state index contributed by atoms with van der Waals surface area (Å²) >= 11 is 3.53. The van der Waals surface area contributed by atoms with Crippen molar-refractivity contribution in [2.24, 2.45) is 0 Å².